The Bertz CT molecular complexity index is 576. The molecule has 1 atom stereocenters. The minimum Gasteiger partial charge on any atom is -0.502 e. The maximum absolute atomic E-state index is 12.6. The molecule has 7 heteroatoms. The molecule has 1 fully saturated rings. The van der Waals surface area contributed by atoms with Crippen LogP contribution in [0.2, 0.25) is 0 Å². The van der Waals surface area contributed by atoms with Gasteiger partial charge < -0.3 is 14.7 Å². The molecule has 2 rings (SSSR count). The number of ether oxygens (including phenoxy) is 1. The SMILES string of the molecule is CCCOC1CCCN(C(=O)c2cccc([N+](=O)[O-])c2O)CC1. The van der Waals surface area contributed by atoms with Crippen LogP contribution in [-0.2, 0) is 4.74 Å². The van der Waals surface area contributed by atoms with E-state index in [9.17, 15) is 20.0 Å². The second kappa shape index (κ2) is 7.92. The van der Waals surface area contributed by atoms with Crippen molar-refractivity contribution in [1.29, 1.82) is 0 Å². The van der Waals surface area contributed by atoms with E-state index in [1.807, 2.05) is 0 Å². The normalized spacial score (nSPS) is 18.5. The Morgan fingerprint density at radius 1 is 1.43 bits per heavy atom. The van der Waals surface area contributed by atoms with Gasteiger partial charge in [-0.1, -0.05) is 13.0 Å². The van der Waals surface area contributed by atoms with Crippen molar-refractivity contribution in [3.05, 3.63) is 33.9 Å². The molecule has 1 N–H and O–H groups in total. The molecule has 1 aromatic rings. The van der Waals surface area contributed by atoms with E-state index in [4.69, 9.17) is 4.74 Å². The van der Waals surface area contributed by atoms with Crippen LogP contribution >= 0.6 is 0 Å². The lowest BCUT2D eigenvalue weighted by molar-refractivity contribution is -0.385. The van der Waals surface area contributed by atoms with E-state index in [1.165, 1.54) is 18.2 Å². The van der Waals surface area contributed by atoms with Gasteiger partial charge in [-0.25, -0.2) is 0 Å². The highest BCUT2D eigenvalue weighted by molar-refractivity contribution is 5.98. The standard InChI is InChI=1S/C16H22N2O5/c1-2-11-23-12-5-4-9-17(10-8-12)16(20)13-6-3-7-14(15(13)19)18(21)22/h3,6-7,12,19H,2,4-5,8-11H2,1H3. The topological polar surface area (TPSA) is 92.9 Å². The third-order valence-corrected chi connectivity index (χ3v) is 3.96. The van der Waals surface area contributed by atoms with Crippen LogP contribution in [0, 0.1) is 10.1 Å². The molecule has 1 aliphatic rings. The van der Waals surface area contributed by atoms with Gasteiger partial charge in [0.05, 0.1) is 16.6 Å². The first-order valence-electron chi connectivity index (χ1n) is 7.91. The van der Waals surface area contributed by atoms with Gasteiger partial charge in [0.1, 0.15) is 0 Å². The van der Waals surface area contributed by atoms with Crippen LogP contribution in [0.1, 0.15) is 43.0 Å². The van der Waals surface area contributed by atoms with Crippen molar-refractivity contribution < 1.29 is 19.6 Å². The van der Waals surface area contributed by atoms with Crippen molar-refractivity contribution in [2.24, 2.45) is 0 Å². The second-order valence-electron chi connectivity index (χ2n) is 5.65. The van der Waals surface area contributed by atoms with Gasteiger partial charge in [0.2, 0.25) is 5.75 Å². The number of phenols is 1. The zero-order valence-electron chi connectivity index (χ0n) is 13.2. The maximum Gasteiger partial charge on any atom is 0.311 e. The second-order valence-corrected chi connectivity index (χ2v) is 5.65. The smallest absolute Gasteiger partial charge is 0.311 e. The number of aromatic hydroxyl groups is 1. The Balaban J connectivity index is 2.09. The summed E-state index contributed by atoms with van der Waals surface area (Å²) in [6, 6.07) is 4.01. The number of hydrogen-bond acceptors (Lipinski definition) is 5. The molecule has 1 amide bonds. The van der Waals surface area contributed by atoms with Crippen LogP contribution in [0.25, 0.3) is 0 Å². The van der Waals surface area contributed by atoms with Crippen molar-refractivity contribution in [1.82, 2.24) is 4.90 Å². The summed E-state index contributed by atoms with van der Waals surface area (Å²) in [6.45, 7) is 3.85. The molecule has 23 heavy (non-hydrogen) atoms. The van der Waals surface area contributed by atoms with E-state index >= 15 is 0 Å². The highest BCUT2D eigenvalue weighted by atomic mass is 16.6. The van der Waals surface area contributed by atoms with Crippen LogP contribution < -0.4 is 0 Å². The van der Waals surface area contributed by atoms with Crippen LogP contribution in [0.3, 0.4) is 0 Å². The summed E-state index contributed by atoms with van der Waals surface area (Å²) < 4.78 is 5.74. The van der Waals surface area contributed by atoms with Crippen molar-refractivity contribution in [2.45, 2.75) is 38.7 Å². The number of carbonyl (C=O) groups excluding carboxylic acids is 1. The molecule has 7 nitrogen and oxygen atoms in total. The van der Waals surface area contributed by atoms with E-state index < -0.39 is 16.4 Å². The van der Waals surface area contributed by atoms with Crippen molar-refractivity contribution in [3.63, 3.8) is 0 Å². The van der Waals surface area contributed by atoms with Crippen molar-refractivity contribution in [2.75, 3.05) is 19.7 Å². The summed E-state index contributed by atoms with van der Waals surface area (Å²) in [5.41, 5.74) is -0.470. The molecule has 126 valence electrons. The number of nitro benzene ring substituents is 1. The first-order valence-corrected chi connectivity index (χ1v) is 7.91. The zero-order valence-corrected chi connectivity index (χ0v) is 13.2. The van der Waals surface area contributed by atoms with Gasteiger partial charge in [-0.2, -0.15) is 0 Å². The number of phenolic OH excluding ortho intramolecular Hbond substituents is 1. The summed E-state index contributed by atoms with van der Waals surface area (Å²) in [5, 5.41) is 20.9. The summed E-state index contributed by atoms with van der Waals surface area (Å²) in [5.74, 6) is -0.937. The largest absolute Gasteiger partial charge is 0.502 e. The number of carbonyl (C=O) groups is 1. The number of rotatable bonds is 5. The van der Waals surface area contributed by atoms with Crippen LogP contribution in [0.4, 0.5) is 5.69 Å². The molecule has 0 radical (unpaired) electrons. The third kappa shape index (κ3) is 4.19. The summed E-state index contributed by atoms with van der Waals surface area (Å²) in [6.07, 6.45) is 3.55. The van der Waals surface area contributed by atoms with E-state index in [2.05, 4.69) is 6.92 Å². The monoisotopic (exact) mass is 322 g/mol. The Labute approximate surface area is 135 Å². The van der Waals surface area contributed by atoms with Gasteiger partial charge >= 0.3 is 5.69 Å². The molecule has 0 bridgehead atoms. The molecule has 1 saturated heterocycles. The number of likely N-dealkylation sites (tertiary alicyclic amines) is 1. The molecule has 1 aliphatic heterocycles. The average Bonchev–Trinajstić information content (AvgIpc) is 2.77. The van der Waals surface area contributed by atoms with E-state index in [0.717, 1.165) is 25.7 Å². The lowest BCUT2D eigenvalue weighted by Crippen LogP contribution is -2.32. The van der Waals surface area contributed by atoms with Crippen molar-refractivity contribution >= 4 is 11.6 Å². The Hall–Kier alpha value is -2.15. The Morgan fingerprint density at radius 2 is 2.22 bits per heavy atom. The van der Waals surface area contributed by atoms with Gasteiger partial charge in [0, 0.05) is 25.8 Å². The number of benzene rings is 1. The summed E-state index contributed by atoms with van der Waals surface area (Å²) in [7, 11) is 0. The number of nitro groups is 1. The molecule has 0 aromatic heterocycles. The fraction of sp³-hybridized carbons (Fsp3) is 0.562. The molecule has 1 unspecified atom stereocenters. The lowest BCUT2D eigenvalue weighted by Gasteiger charge is -2.21. The average molecular weight is 322 g/mol. The molecule has 0 spiro atoms. The summed E-state index contributed by atoms with van der Waals surface area (Å²) >= 11 is 0. The lowest BCUT2D eigenvalue weighted by atomic mass is 10.1. The fourth-order valence-electron chi connectivity index (χ4n) is 2.74. The molecule has 1 aromatic carbocycles. The first kappa shape index (κ1) is 17.2. The number of nitrogens with zero attached hydrogens (tertiary/aromatic N) is 2. The predicted molar refractivity (Wildman–Crippen MR) is 84.5 cm³/mol. The molecular formula is C16H22N2O5. The quantitative estimate of drug-likeness (QED) is 0.664. The van der Waals surface area contributed by atoms with Crippen LogP contribution in [-0.4, -0.2) is 46.6 Å². The number of para-hydroxylation sites is 1. The highest BCUT2D eigenvalue weighted by Crippen LogP contribution is 2.30. The van der Waals surface area contributed by atoms with Gasteiger partial charge in [-0.05, 0) is 31.7 Å². The number of amides is 1. The van der Waals surface area contributed by atoms with Gasteiger partial charge in [-0.3, -0.25) is 14.9 Å². The molecular weight excluding hydrogens is 300 g/mol. The number of hydrogen-bond donors (Lipinski definition) is 1. The summed E-state index contributed by atoms with van der Waals surface area (Å²) in [4.78, 5) is 24.4. The van der Waals surface area contributed by atoms with E-state index in [1.54, 1.807) is 4.90 Å². The first-order chi connectivity index (χ1) is 11.0. The van der Waals surface area contributed by atoms with E-state index in [0.29, 0.717) is 19.7 Å². The minimum atomic E-state index is -0.691. The minimum absolute atomic E-state index is 0.0212. The Morgan fingerprint density at radius 3 is 2.91 bits per heavy atom. The van der Waals surface area contributed by atoms with Crippen LogP contribution in [0.15, 0.2) is 18.2 Å². The molecule has 0 aliphatic carbocycles. The molecule has 0 saturated carbocycles. The van der Waals surface area contributed by atoms with Gasteiger partial charge in [-0.15, -0.1) is 0 Å². The zero-order chi connectivity index (χ0) is 16.8. The van der Waals surface area contributed by atoms with Gasteiger partial charge in [0.25, 0.3) is 5.91 Å². The Kier molecular flexibility index (Phi) is 5.92. The highest BCUT2D eigenvalue weighted by Gasteiger charge is 2.26. The fourth-order valence-corrected chi connectivity index (χ4v) is 2.74. The maximum atomic E-state index is 12.6. The van der Waals surface area contributed by atoms with Gasteiger partial charge in [0.15, 0.2) is 0 Å². The van der Waals surface area contributed by atoms with E-state index in [-0.39, 0.29) is 17.6 Å². The molecule has 1 heterocycles. The predicted octanol–water partition coefficient (Wildman–Crippen LogP) is 2.72. The van der Waals surface area contributed by atoms with Crippen molar-refractivity contribution in [3.8, 4) is 5.75 Å². The third-order valence-electron chi connectivity index (χ3n) is 3.96. The van der Waals surface area contributed by atoms with Crippen LogP contribution in [0.5, 0.6) is 5.75 Å².